The van der Waals surface area contributed by atoms with Crippen molar-refractivity contribution in [3.05, 3.63) is 0 Å². The SMILES string of the molecule is B=BC(C)C. The van der Waals surface area contributed by atoms with Gasteiger partial charge in [-0.1, -0.05) is 0 Å². The zero-order valence-corrected chi connectivity index (χ0v) is 3.86. The van der Waals surface area contributed by atoms with E-state index in [-0.39, 0.29) is 0 Å². The Morgan fingerprint density at radius 1 is 1.60 bits per heavy atom. The van der Waals surface area contributed by atoms with Crippen molar-refractivity contribution in [2.45, 2.75) is 19.7 Å². The van der Waals surface area contributed by atoms with E-state index < -0.39 is 0 Å². The van der Waals surface area contributed by atoms with Crippen LogP contribution in [-0.2, 0) is 0 Å². The molecular formula is C3H8B2. The molecular weight excluding hydrogens is 57.7 g/mol. The molecule has 0 bridgehead atoms. The fourth-order valence-corrected chi connectivity index (χ4v) is 0. The molecule has 0 spiro atoms. The predicted molar refractivity (Wildman–Crippen MR) is 28.0 cm³/mol. The van der Waals surface area contributed by atoms with Crippen molar-refractivity contribution in [2.75, 3.05) is 0 Å². The third kappa shape index (κ3) is 4.13. The van der Waals surface area contributed by atoms with Crippen LogP contribution in [0.25, 0.3) is 0 Å². The van der Waals surface area contributed by atoms with Crippen LogP contribution in [0.2, 0.25) is 5.82 Å². The first-order chi connectivity index (χ1) is 2.27. The molecule has 26 valence electrons. The topological polar surface area (TPSA) is 0 Å². The molecule has 0 aromatic carbocycles. The predicted octanol–water partition coefficient (Wildman–Crippen LogP) is 0.335. The molecule has 0 amide bonds. The van der Waals surface area contributed by atoms with Crippen LogP contribution in [0.5, 0.6) is 0 Å². The molecule has 0 fully saturated rings. The zero-order chi connectivity index (χ0) is 4.28. The summed E-state index contributed by atoms with van der Waals surface area (Å²) >= 11 is 0. The average molecular weight is 65.7 g/mol. The Labute approximate surface area is 34.9 Å². The van der Waals surface area contributed by atoms with Gasteiger partial charge in [-0.25, -0.2) is 0 Å². The Bertz CT molecular complexity index is 31.9. The molecule has 0 N–H and O–H groups in total. The van der Waals surface area contributed by atoms with E-state index in [4.69, 9.17) is 0 Å². The second kappa shape index (κ2) is 2.37. The van der Waals surface area contributed by atoms with Crippen LogP contribution in [0.4, 0.5) is 0 Å². The summed E-state index contributed by atoms with van der Waals surface area (Å²) in [7, 11) is 3.56. The second-order valence-corrected chi connectivity index (χ2v) is 1.48. The monoisotopic (exact) mass is 66.1 g/mol. The Morgan fingerprint density at radius 3 is 1.80 bits per heavy atom. The van der Waals surface area contributed by atoms with E-state index in [2.05, 4.69) is 21.2 Å². The van der Waals surface area contributed by atoms with E-state index in [0.717, 1.165) is 0 Å². The third-order valence-corrected chi connectivity index (χ3v) is 0.471. The Balaban J connectivity index is 2.83. The molecule has 0 aliphatic carbocycles. The summed E-state index contributed by atoms with van der Waals surface area (Å²) < 4.78 is 0. The van der Waals surface area contributed by atoms with Crippen molar-refractivity contribution in [3.63, 3.8) is 0 Å². The fraction of sp³-hybridized carbons (Fsp3) is 1.00. The van der Waals surface area contributed by atoms with Gasteiger partial charge in [0.1, 0.15) is 0 Å². The van der Waals surface area contributed by atoms with E-state index in [1.54, 1.807) is 0 Å². The van der Waals surface area contributed by atoms with Gasteiger partial charge in [0.2, 0.25) is 0 Å². The van der Waals surface area contributed by atoms with Crippen LogP contribution < -0.4 is 0 Å². The summed E-state index contributed by atoms with van der Waals surface area (Å²) in [6.45, 7) is 6.12. The van der Waals surface area contributed by atoms with Gasteiger partial charge in [-0.2, -0.15) is 0 Å². The maximum atomic E-state index is 3.56. The van der Waals surface area contributed by atoms with Gasteiger partial charge in [-0.05, 0) is 0 Å². The van der Waals surface area contributed by atoms with Gasteiger partial charge in [-0.15, -0.1) is 0 Å². The van der Waals surface area contributed by atoms with E-state index in [0.29, 0.717) is 5.82 Å². The van der Waals surface area contributed by atoms with Crippen molar-refractivity contribution in [1.82, 2.24) is 0 Å². The molecule has 0 rings (SSSR count). The maximum absolute atomic E-state index is 3.56. The van der Waals surface area contributed by atoms with Crippen molar-refractivity contribution in [3.8, 4) is 0 Å². The van der Waals surface area contributed by atoms with Crippen LogP contribution in [0, 0.1) is 0 Å². The standard InChI is InChI=1S/C3H8B2/c1-3(2)5-4/h3-4H,1-2H3. The number of hydrogen-bond acceptors (Lipinski definition) is 0. The molecule has 0 unspecified atom stereocenters. The Morgan fingerprint density at radius 2 is 1.80 bits per heavy atom. The van der Waals surface area contributed by atoms with Gasteiger partial charge in [0, 0.05) is 0 Å². The number of hydrogen-bond donors (Lipinski definition) is 0. The number of rotatable bonds is 1. The van der Waals surface area contributed by atoms with Gasteiger partial charge in [0.05, 0.1) is 0 Å². The molecule has 0 aromatic rings. The normalized spacial score (nSPS) is 7.60. The van der Waals surface area contributed by atoms with E-state index in [1.165, 1.54) is 0 Å². The van der Waals surface area contributed by atoms with Crippen LogP contribution in [0.1, 0.15) is 13.8 Å². The van der Waals surface area contributed by atoms with Gasteiger partial charge in [0.15, 0.2) is 0 Å². The van der Waals surface area contributed by atoms with Crippen molar-refractivity contribution >= 4 is 14.2 Å². The quantitative estimate of drug-likeness (QED) is 0.387. The van der Waals surface area contributed by atoms with Crippen LogP contribution in [0.3, 0.4) is 0 Å². The molecule has 0 aliphatic rings. The van der Waals surface area contributed by atoms with Gasteiger partial charge >= 0.3 is 33.8 Å². The summed E-state index contributed by atoms with van der Waals surface area (Å²) in [6.07, 6.45) is 0. The van der Waals surface area contributed by atoms with Gasteiger partial charge < -0.3 is 0 Å². The molecule has 0 saturated carbocycles. The average Bonchev–Trinajstić information content (AvgIpc) is 1.38. The first-order valence-electron chi connectivity index (χ1n) is 1.90. The molecule has 0 atom stereocenters. The molecule has 0 saturated heterocycles. The third-order valence-electron chi connectivity index (χ3n) is 0.471. The van der Waals surface area contributed by atoms with E-state index in [1.807, 2.05) is 6.80 Å². The molecule has 0 nitrogen and oxygen atoms in total. The summed E-state index contributed by atoms with van der Waals surface area (Å²) in [4.78, 5) is 0. The van der Waals surface area contributed by atoms with Crippen LogP contribution in [-0.4, -0.2) is 14.2 Å². The first kappa shape index (κ1) is 5.13. The summed E-state index contributed by atoms with van der Waals surface area (Å²) in [6, 6.07) is 0. The molecule has 0 radical (unpaired) electrons. The molecule has 0 aromatic heterocycles. The minimum atomic E-state index is 0.648. The second-order valence-electron chi connectivity index (χ2n) is 1.48. The van der Waals surface area contributed by atoms with Crippen LogP contribution in [0.15, 0.2) is 0 Å². The van der Waals surface area contributed by atoms with Gasteiger partial charge in [0.25, 0.3) is 0 Å². The van der Waals surface area contributed by atoms with E-state index in [9.17, 15) is 0 Å². The molecule has 2 heteroatoms. The first-order valence-corrected chi connectivity index (χ1v) is 1.90. The van der Waals surface area contributed by atoms with Crippen molar-refractivity contribution in [1.29, 1.82) is 0 Å². The van der Waals surface area contributed by atoms with E-state index >= 15 is 0 Å². The van der Waals surface area contributed by atoms with Crippen molar-refractivity contribution in [2.24, 2.45) is 0 Å². The van der Waals surface area contributed by atoms with Crippen LogP contribution >= 0.6 is 0 Å². The molecule has 0 aliphatic heterocycles. The summed E-state index contributed by atoms with van der Waals surface area (Å²) in [5.41, 5.74) is 0. The summed E-state index contributed by atoms with van der Waals surface area (Å²) in [5.74, 6) is 0.648. The van der Waals surface area contributed by atoms with Crippen molar-refractivity contribution < 1.29 is 0 Å². The molecule has 5 heavy (non-hydrogen) atoms. The Kier molecular flexibility index (Phi) is 2.43. The summed E-state index contributed by atoms with van der Waals surface area (Å²) in [5, 5.41) is 0. The minimum absolute atomic E-state index is 0.648. The zero-order valence-electron chi connectivity index (χ0n) is 3.86. The fourth-order valence-electron chi connectivity index (χ4n) is 0. The van der Waals surface area contributed by atoms with Gasteiger partial charge in [-0.3, -0.25) is 0 Å². The molecule has 0 heterocycles. The Hall–Kier alpha value is 0.130.